The van der Waals surface area contributed by atoms with Crippen LogP contribution in [-0.4, -0.2) is 12.3 Å². The standard InChI is InChI=1S/C19H23NO/c1-15(13-14-20)7-12-19(21)18-10-8-17(9-11-18)16-5-3-2-4-6-16/h2-6,8-11,15H,7,12-14,20H2,1H3. The molecule has 1 unspecified atom stereocenters. The van der Waals surface area contributed by atoms with Crippen LogP contribution in [0.25, 0.3) is 11.1 Å². The minimum atomic E-state index is 0.221. The third-order valence-corrected chi connectivity index (χ3v) is 3.84. The van der Waals surface area contributed by atoms with Crippen LogP contribution in [-0.2, 0) is 0 Å². The van der Waals surface area contributed by atoms with Crippen molar-refractivity contribution in [2.45, 2.75) is 26.2 Å². The van der Waals surface area contributed by atoms with Gasteiger partial charge in [-0.1, -0.05) is 61.5 Å². The van der Waals surface area contributed by atoms with Crippen molar-refractivity contribution in [1.82, 2.24) is 0 Å². The van der Waals surface area contributed by atoms with Crippen molar-refractivity contribution in [2.75, 3.05) is 6.54 Å². The minimum Gasteiger partial charge on any atom is -0.330 e. The molecule has 2 heteroatoms. The average molecular weight is 281 g/mol. The quantitative estimate of drug-likeness (QED) is 0.769. The SMILES string of the molecule is CC(CCN)CCC(=O)c1ccc(-c2ccccc2)cc1. The third-order valence-electron chi connectivity index (χ3n) is 3.84. The Morgan fingerprint density at radius 3 is 2.19 bits per heavy atom. The number of rotatable bonds is 7. The van der Waals surface area contributed by atoms with E-state index in [1.54, 1.807) is 0 Å². The van der Waals surface area contributed by atoms with Gasteiger partial charge in [0.1, 0.15) is 0 Å². The highest BCUT2D eigenvalue weighted by molar-refractivity contribution is 5.96. The Bertz CT molecular complexity index is 560. The molecular weight excluding hydrogens is 258 g/mol. The van der Waals surface area contributed by atoms with Gasteiger partial charge in [0, 0.05) is 12.0 Å². The Balaban J connectivity index is 1.97. The number of benzene rings is 2. The summed E-state index contributed by atoms with van der Waals surface area (Å²) in [6.07, 6.45) is 2.50. The maximum absolute atomic E-state index is 12.2. The molecular formula is C19H23NO. The highest BCUT2D eigenvalue weighted by Crippen LogP contribution is 2.20. The summed E-state index contributed by atoms with van der Waals surface area (Å²) in [6.45, 7) is 2.85. The van der Waals surface area contributed by atoms with Crippen molar-refractivity contribution < 1.29 is 4.79 Å². The fourth-order valence-electron chi connectivity index (χ4n) is 2.43. The van der Waals surface area contributed by atoms with Crippen LogP contribution in [0.1, 0.15) is 36.5 Å². The fourth-order valence-corrected chi connectivity index (χ4v) is 2.43. The number of ketones is 1. The summed E-state index contributed by atoms with van der Waals surface area (Å²) >= 11 is 0. The van der Waals surface area contributed by atoms with Crippen LogP contribution in [0.2, 0.25) is 0 Å². The predicted molar refractivity (Wildman–Crippen MR) is 88.3 cm³/mol. The second-order valence-corrected chi connectivity index (χ2v) is 5.59. The van der Waals surface area contributed by atoms with Crippen LogP contribution in [0.3, 0.4) is 0 Å². The molecule has 0 fully saturated rings. The van der Waals surface area contributed by atoms with Crippen LogP contribution in [0, 0.1) is 5.92 Å². The first-order valence-corrected chi connectivity index (χ1v) is 7.59. The Morgan fingerprint density at radius 1 is 0.952 bits per heavy atom. The van der Waals surface area contributed by atoms with Crippen LogP contribution in [0.5, 0.6) is 0 Å². The van der Waals surface area contributed by atoms with E-state index in [1.165, 1.54) is 5.56 Å². The largest absolute Gasteiger partial charge is 0.330 e. The molecule has 0 aliphatic heterocycles. The predicted octanol–water partition coefficient (Wildman–Crippen LogP) is 4.30. The van der Waals surface area contributed by atoms with E-state index in [4.69, 9.17) is 5.73 Å². The maximum Gasteiger partial charge on any atom is 0.162 e. The van der Waals surface area contributed by atoms with Crippen molar-refractivity contribution in [2.24, 2.45) is 11.7 Å². The molecule has 2 nitrogen and oxygen atoms in total. The number of carbonyl (C=O) groups is 1. The normalized spacial score (nSPS) is 12.1. The van der Waals surface area contributed by atoms with E-state index in [0.717, 1.165) is 24.0 Å². The second kappa shape index (κ2) is 7.75. The van der Waals surface area contributed by atoms with Gasteiger partial charge < -0.3 is 5.73 Å². The minimum absolute atomic E-state index is 0.221. The van der Waals surface area contributed by atoms with Gasteiger partial charge in [0.25, 0.3) is 0 Å². The number of hydrogen-bond donors (Lipinski definition) is 1. The summed E-state index contributed by atoms with van der Waals surface area (Å²) in [5.74, 6) is 0.737. The molecule has 0 aliphatic rings. The number of Topliss-reactive ketones (excluding diaryl/α,β-unsaturated/α-hetero) is 1. The molecule has 1 atom stereocenters. The van der Waals surface area contributed by atoms with Crippen LogP contribution in [0.15, 0.2) is 54.6 Å². The van der Waals surface area contributed by atoms with E-state index in [9.17, 15) is 4.79 Å². The summed E-state index contributed by atoms with van der Waals surface area (Å²) in [7, 11) is 0. The van der Waals surface area contributed by atoms with Crippen molar-refractivity contribution in [3.05, 3.63) is 60.2 Å². The van der Waals surface area contributed by atoms with Crippen molar-refractivity contribution >= 4 is 5.78 Å². The topological polar surface area (TPSA) is 43.1 Å². The third kappa shape index (κ3) is 4.54. The molecule has 0 radical (unpaired) electrons. The molecule has 2 aromatic rings. The number of carbonyl (C=O) groups excluding carboxylic acids is 1. The fraction of sp³-hybridized carbons (Fsp3) is 0.316. The van der Waals surface area contributed by atoms with E-state index in [-0.39, 0.29) is 5.78 Å². The van der Waals surface area contributed by atoms with Gasteiger partial charge in [0.05, 0.1) is 0 Å². The van der Waals surface area contributed by atoms with Gasteiger partial charge in [-0.15, -0.1) is 0 Å². The van der Waals surface area contributed by atoms with Gasteiger partial charge in [0.15, 0.2) is 5.78 Å². The number of hydrogen-bond acceptors (Lipinski definition) is 2. The zero-order valence-electron chi connectivity index (χ0n) is 12.6. The van der Waals surface area contributed by atoms with E-state index < -0.39 is 0 Å². The average Bonchev–Trinajstić information content (AvgIpc) is 2.54. The number of nitrogens with two attached hydrogens (primary N) is 1. The first kappa shape index (κ1) is 15.5. The summed E-state index contributed by atoms with van der Waals surface area (Å²) < 4.78 is 0. The molecule has 0 amide bonds. The first-order chi connectivity index (χ1) is 10.2. The van der Waals surface area contributed by atoms with Gasteiger partial charge in [0.2, 0.25) is 0 Å². The van der Waals surface area contributed by atoms with Crippen LogP contribution in [0.4, 0.5) is 0 Å². The molecule has 0 saturated carbocycles. The highest BCUT2D eigenvalue weighted by Gasteiger charge is 2.09. The second-order valence-electron chi connectivity index (χ2n) is 5.59. The molecule has 0 bridgehead atoms. The summed E-state index contributed by atoms with van der Waals surface area (Å²) in [5.41, 5.74) is 8.65. The smallest absolute Gasteiger partial charge is 0.162 e. The molecule has 110 valence electrons. The van der Waals surface area contributed by atoms with E-state index in [0.29, 0.717) is 18.9 Å². The summed E-state index contributed by atoms with van der Waals surface area (Å²) in [6, 6.07) is 18.1. The zero-order chi connectivity index (χ0) is 15.1. The van der Waals surface area contributed by atoms with Gasteiger partial charge in [-0.2, -0.15) is 0 Å². The Labute approximate surface area is 127 Å². The van der Waals surface area contributed by atoms with Crippen molar-refractivity contribution in [1.29, 1.82) is 0 Å². The monoisotopic (exact) mass is 281 g/mol. The Hall–Kier alpha value is -1.93. The molecule has 21 heavy (non-hydrogen) atoms. The lowest BCUT2D eigenvalue weighted by atomic mass is 9.96. The highest BCUT2D eigenvalue weighted by atomic mass is 16.1. The van der Waals surface area contributed by atoms with Gasteiger partial charge in [-0.3, -0.25) is 4.79 Å². The van der Waals surface area contributed by atoms with Gasteiger partial charge >= 0.3 is 0 Å². The first-order valence-electron chi connectivity index (χ1n) is 7.59. The molecule has 2 rings (SSSR count). The molecule has 0 aliphatic carbocycles. The van der Waals surface area contributed by atoms with Crippen LogP contribution < -0.4 is 5.73 Å². The lowest BCUT2D eigenvalue weighted by molar-refractivity contribution is 0.0974. The van der Waals surface area contributed by atoms with E-state index in [1.807, 2.05) is 42.5 Å². The molecule has 0 saturated heterocycles. The Kier molecular flexibility index (Phi) is 5.70. The van der Waals surface area contributed by atoms with Gasteiger partial charge in [-0.25, -0.2) is 0 Å². The summed E-state index contributed by atoms with van der Waals surface area (Å²) in [4.78, 5) is 12.2. The lowest BCUT2D eigenvalue weighted by Gasteiger charge is -2.09. The zero-order valence-corrected chi connectivity index (χ0v) is 12.6. The maximum atomic E-state index is 12.2. The van der Waals surface area contributed by atoms with Crippen molar-refractivity contribution in [3.8, 4) is 11.1 Å². The lowest BCUT2D eigenvalue weighted by Crippen LogP contribution is -2.08. The molecule has 0 spiro atoms. The molecule has 2 N–H and O–H groups in total. The van der Waals surface area contributed by atoms with E-state index in [2.05, 4.69) is 19.1 Å². The molecule has 2 aromatic carbocycles. The van der Waals surface area contributed by atoms with E-state index >= 15 is 0 Å². The van der Waals surface area contributed by atoms with Crippen LogP contribution >= 0.6 is 0 Å². The molecule has 0 heterocycles. The molecule has 0 aromatic heterocycles. The van der Waals surface area contributed by atoms with Crippen molar-refractivity contribution in [3.63, 3.8) is 0 Å². The summed E-state index contributed by atoms with van der Waals surface area (Å²) in [5, 5.41) is 0. The Morgan fingerprint density at radius 2 is 1.57 bits per heavy atom. The van der Waals surface area contributed by atoms with Gasteiger partial charge in [-0.05, 0) is 36.4 Å².